The summed E-state index contributed by atoms with van der Waals surface area (Å²) in [6.07, 6.45) is 4.85. The second-order valence-corrected chi connectivity index (χ2v) is 14.0. The van der Waals surface area contributed by atoms with Crippen molar-refractivity contribution in [1.29, 1.82) is 0 Å². The summed E-state index contributed by atoms with van der Waals surface area (Å²) in [6.45, 7) is 13.7. The zero-order valence-electron chi connectivity index (χ0n) is 22.6. The van der Waals surface area contributed by atoms with Gasteiger partial charge in [-0.1, -0.05) is 4.40 Å². The number of hydrogen-bond donors (Lipinski definition) is 0. The first kappa shape index (κ1) is 27.4. The van der Waals surface area contributed by atoms with Gasteiger partial charge in [0, 0.05) is 37.1 Å². The molecule has 2 aliphatic heterocycles. The predicted octanol–water partition coefficient (Wildman–Crippen LogP) is 4.95. The van der Waals surface area contributed by atoms with E-state index in [9.17, 15) is 9.35 Å². The first-order valence-corrected chi connectivity index (χ1v) is 14.2. The monoisotopic (exact) mass is 519 g/mol. The van der Waals surface area contributed by atoms with Crippen LogP contribution in [0.15, 0.2) is 16.5 Å². The van der Waals surface area contributed by atoms with E-state index in [0.717, 1.165) is 67.8 Å². The van der Waals surface area contributed by atoms with Crippen LogP contribution in [0.1, 0.15) is 90.6 Å². The number of aromatic nitrogens is 1. The molecule has 0 N–H and O–H groups in total. The second-order valence-electron chi connectivity index (χ2n) is 12.1. The standard InChI is InChI=1S/C27H41N3O5S/c1-25(2,3)35-24(31)30-14-12-27(13-15-30)17-21-20(23(27)29-36(32)26(4,5)6)11-10-19(28-21)18-34-22-9-7-8-16-33-22/h10-11,22H,7-9,12-18H2,1-6H3/b29-23+/t22?,36-/m1/s1. The van der Waals surface area contributed by atoms with E-state index in [-0.39, 0.29) is 17.8 Å². The van der Waals surface area contributed by atoms with Crippen molar-refractivity contribution >= 4 is 23.2 Å². The molecule has 4 rings (SSSR count). The summed E-state index contributed by atoms with van der Waals surface area (Å²) in [6, 6.07) is 4.03. The minimum atomic E-state index is -1.39. The number of ether oxygens (including phenoxy) is 3. The minimum absolute atomic E-state index is 0.163. The maximum Gasteiger partial charge on any atom is 0.410 e. The number of hydrogen-bond acceptors (Lipinski definition) is 7. The van der Waals surface area contributed by atoms with Crippen LogP contribution in [-0.4, -0.2) is 62.6 Å². The van der Waals surface area contributed by atoms with Gasteiger partial charge < -0.3 is 23.7 Å². The summed E-state index contributed by atoms with van der Waals surface area (Å²) >= 11 is -1.39. The van der Waals surface area contributed by atoms with Crippen LogP contribution in [0.3, 0.4) is 0 Å². The number of rotatable bonds is 4. The molecule has 0 aromatic carbocycles. The lowest BCUT2D eigenvalue weighted by Crippen LogP contribution is -2.47. The molecule has 0 radical (unpaired) electrons. The Morgan fingerprint density at radius 1 is 1.22 bits per heavy atom. The summed E-state index contributed by atoms with van der Waals surface area (Å²) in [7, 11) is 0. The average Bonchev–Trinajstić information content (AvgIpc) is 3.08. The fourth-order valence-corrected chi connectivity index (χ4v) is 5.64. The zero-order chi connectivity index (χ0) is 26.1. The smallest absolute Gasteiger partial charge is 0.410 e. The van der Waals surface area contributed by atoms with E-state index in [0.29, 0.717) is 19.7 Å². The number of piperidine rings is 1. The van der Waals surface area contributed by atoms with Crippen LogP contribution in [0.25, 0.3) is 0 Å². The van der Waals surface area contributed by atoms with Crippen molar-refractivity contribution in [2.24, 2.45) is 9.81 Å². The molecule has 0 saturated carbocycles. The van der Waals surface area contributed by atoms with Crippen LogP contribution in [-0.2, 0) is 38.6 Å². The van der Waals surface area contributed by atoms with Gasteiger partial charge in [0.25, 0.3) is 0 Å². The number of fused-ring (bicyclic) bond motifs is 1. The molecule has 2 fully saturated rings. The summed E-state index contributed by atoms with van der Waals surface area (Å²) in [5.74, 6) is 0. The first-order chi connectivity index (χ1) is 16.9. The van der Waals surface area contributed by atoms with Crippen molar-refractivity contribution in [2.45, 2.75) is 103 Å². The zero-order valence-corrected chi connectivity index (χ0v) is 23.4. The summed E-state index contributed by atoms with van der Waals surface area (Å²) in [5, 5.41) is 0. The Hall–Kier alpha value is -1.68. The molecule has 3 aliphatic rings. The van der Waals surface area contributed by atoms with Gasteiger partial charge in [0.1, 0.15) is 27.4 Å². The third-order valence-corrected chi connectivity index (χ3v) is 8.32. The molecule has 1 aromatic heterocycles. The van der Waals surface area contributed by atoms with Crippen molar-refractivity contribution in [1.82, 2.24) is 9.88 Å². The van der Waals surface area contributed by atoms with E-state index in [2.05, 4.69) is 6.07 Å². The highest BCUT2D eigenvalue weighted by atomic mass is 32.2. The van der Waals surface area contributed by atoms with Gasteiger partial charge >= 0.3 is 6.09 Å². The second kappa shape index (κ2) is 10.6. The van der Waals surface area contributed by atoms with Gasteiger partial charge in [0.2, 0.25) is 0 Å². The molecule has 1 unspecified atom stereocenters. The Kier molecular flexibility index (Phi) is 8.05. The van der Waals surface area contributed by atoms with Crippen LogP contribution in [0, 0.1) is 5.41 Å². The van der Waals surface area contributed by atoms with Crippen LogP contribution < -0.4 is 0 Å². The molecule has 9 heteroatoms. The Bertz CT molecular complexity index is 971. The van der Waals surface area contributed by atoms with Gasteiger partial charge in [-0.05, 0) is 85.8 Å². The number of likely N-dealkylation sites (tertiary alicyclic amines) is 1. The van der Waals surface area contributed by atoms with E-state index in [1.807, 2.05) is 47.6 Å². The third-order valence-electron chi connectivity index (χ3n) is 6.92. The molecule has 36 heavy (non-hydrogen) atoms. The first-order valence-electron chi connectivity index (χ1n) is 13.1. The number of amides is 1. The fourth-order valence-electron chi connectivity index (χ4n) is 4.91. The SMILES string of the molecule is CC(C)(C)OC(=O)N1CCC2(CC1)Cc1nc(COC3CCCCO3)ccc1/C2=N\[S@+]([O-])C(C)(C)C. The van der Waals surface area contributed by atoms with Gasteiger partial charge in [0.15, 0.2) is 6.29 Å². The minimum Gasteiger partial charge on any atom is -0.591 e. The molecular formula is C27H41N3O5S. The van der Waals surface area contributed by atoms with Gasteiger partial charge in [-0.3, -0.25) is 4.98 Å². The van der Waals surface area contributed by atoms with Gasteiger partial charge in [-0.15, -0.1) is 0 Å². The summed E-state index contributed by atoms with van der Waals surface area (Å²) < 4.78 is 34.7. The van der Waals surface area contributed by atoms with Crippen molar-refractivity contribution in [3.63, 3.8) is 0 Å². The lowest BCUT2D eigenvalue weighted by molar-refractivity contribution is -0.169. The molecule has 3 heterocycles. The van der Waals surface area contributed by atoms with Crippen LogP contribution in [0.4, 0.5) is 4.79 Å². The van der Waals surface area contributed by atoms with Gasteiger partial charge in [-0.2, -0.15) is 0 Å². The number of carbonyl (C=O) groups excluding carboxylic acids is 1. The quantitative estimate of drug-likeness (QED) is 0.522. The molecule has 8 nitrogen and oxygen atoms in total. The third kappa shape index (κ3) is 6.41. The predicted molar refractivity (Wildman–Crippen MR) is 140 cm³/mol. The molecule has 2 atom stereocenters. The van der Waals surface area contributed by atoms with Crippen LogP contribution >= 0.6 is 0 Å². The number of pyridine rings is 1. The Balaban J connectivity index is 1.54. The summed E-state index contributed by atoms with van der Waals surface area (Å²) in [4.78, 5) is 19.4. The molecule has 0 bridgehead atoms. The highest BCUT2D eigenvalue weighted by molar-refractivity contribution is 7.91. The number of carbonyl (C=O) groups is 1. The lowest BCUT2D eigenvalue weighted by atomic mass is 9.75. The Morgan fingerprint density at radius 2 is 1.94 bits per heavy atom. The average molecular weight is 520 g/mol. The Morgan fingerprint density at radius 3 is 2.56 bits per heavy atom. The molecule has 1 aromatic rings. The maximum atomic E-state index is 13.1. The largest absolute Gasteiger partial charge is 0.591 e. The van der Waals surface area contributed by atoms with Gasteiger partial charge in [0.05, 0.1) is 18.0 Å². The van der Waals surface area contributed by atoms with Crippen molar-refractivity contribution in [3.05, 3.63) is 29.1 Å². The van der Waals surface area contributed by atoms with E-state index in [1.54, 1.807) is 4.90 Å². The van der Waals surface area contributed by atoms with Crippen LogP contribution in [0.2, 0.25) is 0 Å². The topological polar surface area (TPSA) is 96.3 Å². The lowest BCUT2D eigenvalue weighted by Gasteiger charge is -2.39. The molecule has 2 saturated heterocycles. The van der Waals surface area contributed by atoms with E-state index in [4.69, 9.17) is 23.6 Å². The van der Waals surface area contributed by atoms with Crippen LogP contribution in [0.5, 0.6) is 0 Å². The highest BCUT2D eigenvalue weighted by Gasteiger charge is 2.49. The fraction of sp³-hybridized carbons (Fsp3) is 0.741. The summed E-state index contributed by atoms with van der Waals surface area (Å²) in [5.41, 5.74) is 2.84. The van der Waals surface area contributed by atoms with Gasteiger partial charge in [-0.25, -0.2) is 4.79 Å². The molecule has 1 aliphatic carbocycles. The maximum absolute atomic E-state index is 13.1. The van der Waals surface area contributed by atoms with E-state index >= 15 is 0 Å². The van der Waals surface area contributed by atoms with E-state index < -0.39 is 21.7 Å². The van der Waals surface area contributed by atoms with Crippen molar-refractivity contribution < 1.29 is 23.6 Å². The Labute approximate surface area is 218 Å². The number of nitrogens with zero attached hydrogens (tertiary/aromatic N) is 3. The normalized spacial score (nSPS) is 24.1. The highest BCUT2D eigenvalue weighted by Crippen LogP contribution is 2.45. The molecular weight excluding hydrogens is 478 g/mol. The molecule has 1 amide bonds. The van der Waals surface area contributed by atoms with Crippen molar-refractivity contribution in [2.75, 3.05) is 19.7 Å². The molecule has 200 valence electrons. The van der Waals surface area contributed by atoms with Crippen molar-refractivity contribution in [3.8, 4) is 0 Å². The van der Waals surface area contributed by atoms with E-state index in [1.165, 1.54) is 0 Å². The molecule has 1 spiro atoms.